The van der Waals surface area contributed by atoms with E-state index in [1.54, 1.807) is 12.4 Å². The SMILES string of the molecule is Cc1cc(C)cc(NC2=N[N+]3(c4ccc(N5CCOCC5)cc4)C=CN=CC3=N2)c1. The molecule has 0 aromatic heterocycles. The maximum absolute atomic E-state index is 5.46. The van der Waals surface area contributed by atoms with Crippen molar-refractivity contribution in [1.82, 2.24) is 4.59 Å². The number of aliphatic imine (C=N–C) groups is 2. The number of ether oxygens (including phenoxy) is 1. The Bertz CT molecular complexity index is 1060. The normalized spacial score (nSPS) is 22.5. The zero-order chi connectivity index (χ0) is 20.6. The minimum Gasteiger partial charge on any atom is -0.378 e. The van der Waals surface area contributed by atoms with Crippen molar-refractivity contribution < 1.29 is 4.74 Å². The molecular formula is C23H25N6O+. The van der Waals surface area contributed by atoms with E-state index < -0.39 is 0 Å². The molecule has 3 heterocycles. The molecule has 5 rings (SSSR count). The first-order chi connectivity index (χ1) is 14.6. The Hall–Kier alpha value is -3.29. The predicted molar refractivity (Wildman–Crippen MR) is 123 cm³/mol. The second kappa shape index (κ2) is 7.51. The van der Waals surface area contributed by atoms with Crippen molar-refractivity contribution in [2.24, 2.45) is 15.1 Å². The van der Waals surface area contributed by atoms with Crippen LogP contribution in [0.4, 0.5) is 17.1 Å². The maximum Gasteiger partial charge on any atom is 0.287 e. The van der Waals surface area contributed by atoms with Crippen LogP contribution in [0.5, 0.6) is 0 Å². The third-order valence-electron chi connectivity index (χ3n) is 5.48. The number of nitrogens with one attached hydrogen (secondary N) is 1. The summed E-state index contributed by atoms with van der Waals surface area (Å²) in [4.78, 5) is 11.3. The monoisotopic (exact) mass is 401 g/mol. The lowest BCUT2D eigenvalue weighted by atomic mass is 10.1. The van der Waals surface area contributed by atoms with E-state index in [4.69, 9.17) is 14.8 Å². The largest absolute Gasteiger partial charge is 0.378 e. The van der Waals surface area contributed by atoms with E-state index >= 15 is 0 Å². The minimum atomic E-state index is 0.181. The van der Waals surface area contributed by atoms with Crippen molar-refractivity contribution in [2.45, 2.75) is 13.8 Å². The molecule has 1 N–H and O–H groups in total. The molecule has 3 aliphatic rings. The summed E-state index contributed by atoms with van der Waals surface area (Å²) in [5.74, 6) is 1.34. The van der Waals surface area contributed by atoms with Crippen molar-refractivity contribution in [3.05, 3.63) is 66.0 Å². The number of rotatable bonds is 3. The Balaban J connectivity index is 1.46. The molecule has 0 aliphatic carbocycles. The zero-order valence-electron chi connectivity index (χ0n) is 17.2. The number of anilines is 2. The number of nitrogens with zero attached hydrogens (tertiary/aromatic N) is 5. The topological polar surface area (TPSA) is 61.6 Å². The van der Waals surface area contributed by atoms with Gasteiger partial charge in [0.1, 0.15) is 6.21 Å². The van der Waals surface area contributed by atoms with Crippen LogP contribution >= 0.6 is 0 Å². The highest BCUT2D eigenvalue weighted by Gasteiger charge is 2.42. The number of morpholine rings is 1. The molecule has 7 nitrogen and oxygen atoms in total. The zero-order valence-corrected chi connectivity index (χ0v) is 17.2. The number of hydrogen-bond acceptors (Lipinski definition) is 6. The molecule has 1 fully saturated rings. The highest BCUT2D eigenvalue weighted by Crippen LogP contribution is 2.33. The third-order valence-corrected chi connectivity index (χ3v) is 5.48. The number of hydrogen-bond donors (Lipinski definition) is 1. The Labute approximate surface area is 176 Å². The van der Waals surface area contributed by atoms with E-state index in [9.17, 15) is 0 Å². The molecule has 0 radical (unpaired) electrons. The van der Waals surface area contributed by atoms with Gasteiger partial charge >= 0.3 is 0 Å². The second-order valence-electron chi connectivity index (χ2n) is 7.77. The summed E-state index contributed by atoms with van der Waals surface area (Å²) in [7, 11) is 0. The van der Waals surface area contributed by atoms with Crippen molar-refractivity contribution in [2.75, 3.05) is 36.5 Å². The van der Waals surface area contributed by atoms with E-state index in [0.717, 1.165) is 43.5 Å². The molecule has 7 heteroatoms. The van der Waals surface area contributed by atoms with Gasteiger partial charge in [-0.2, -0.15) is 4.99 Å². The van der Waals surface area contributed by atoms with Crippen LogP contribution in [0.3, 0.4) is 0 Å². The van der Waals surface area contributed by atoms with Crippen LogP contribution in [0.2, 0.25) is 0 Å². The average Bonchev–Trinajstić information content (AvgIpc) is 3.13. The molecule has 30 heavy (non-hydrogen) atoms. The van der Waals surface area contributed by atoms with Gasteiger partial charge < -0.3 is 15.0 Å². The Kier molecular flexibility index (Phi) is 4.69. The average molecular weight is 401 g/mol. The number of benzene rings is 2. The van der Waals surface area contributed by atoms with Gasteiger partial charge in [-0.15, -0.1) is 0 Å². The van der Waals surface area contributed by atoms with Crippen LogP contribution in [0, 0.1) is 13.8 Å². The molecule has 2 aromatic rings. The van der Waals surface area contributed by atoms with E-state index in [1.807, 2.05) is 6.20 Å². The molecule has 0 bridgehead atoms. The first-order valence-electron chi connectivity index (χ1n) is 10.2. The fourth-order valence-corrected chi connectivity index (χ4v) is 4.10. The predicted octanol–water partition coefficient (Wildman–Crippen LogP) is 3.80. The highest BCUT2D eigenvalue weighted by molar-refractivity contribution is 6.38. The lowest BCUT2D eigenvalue weighted by Crippen LogP contribution is -2.44. The third kappa shape index (κ3) is 3.42. The van der Waals surface area contributed by atoms with E-state index in [-0.39, 0.29) is 4.59 Å². The summed E-state index contributed by atoms with van der Waals surface area (Å²) in [5.41, 5.74) is 5.60. The summed E-state index contributed by atoms with van der Waals surface area (Å²) >= 11 is 0. The second-order valence-corrected chi connectivity index (χ2v) is 7.77. The summed E-state index contributed by atoms with van der Waals surface area (Å²) in [5, 5.41) is 8.30. The first kappa shape index (κ1) is 18.7. The van der Waals surface area contributed by atoms with Gasteiger partial charge in [0.25, 0.3) is 11.8 Å². The Morgan fingerprint density at radius 2 is 1.73 bits per heavy atom. The molecule has 2 aromatic carbocycles. The Morgan fingerprint density at radius 3 is 2.47 bits per heavy atom. The van der Waals surface area contributed by atoms with Gasteiger partial charge in [0.05, 0.1) is 19.4 Å². The van der Waals surface area contributed by atoms with Gasteiger partial charge in [0.2, 0.25) is 0 Å². The van der Waals surface area contributed by atoms with Crippen LogP contribution in [0.25, 0.3) is 0 Å². The van der Waals surface area contributed by atoms with E-state index in [0.29, 0.717) is 5.96 Å². The van der Waals surface area contributed by atoms with Crippen LogP contribution in [-0.2, 0) is 4.74 Å². The molecule has 1 atom stereocenters. The van der Waals surface area contributed by atoms with Crippen LogP contribution in [-0.4, -0.2) is 44.3 Å². The van der Waals surface area contributed by atoms with Crippen molar-refractivity contribution in [1.29, 1.82) is 0 Å². The molecule has 0 saturated carbocycles. The van der Waals surface area contributed by atoms with Crippen LogP contribution in [0.1, 0.15) is 11.1 Å². The highest BCUT2D eigenvalue weighted by atomic mass is 16.5. The lowest BCUT2D eigenvalue weighted by Gasteiger charge is -2.29. The number of aryl methyl sites for hydroxylation is 2. The summed E-state index contributed by atoms with van der Waals surface area (Å²) < 4.78 is 5.64. The molecular weight excluding hydrogens is 376 g/mol. The fourth-order valence-electron chi connectivity index (χ4n) is 4.10. The van der Waals surface area contributed by atoms with E-state index in [2.05, 4.69) is 71.5 Å². The molecule has 3 aliphatic heterocycles. The van der Waals surface area contributed by atoms with Gasteiger partial charge in [-0.3, -0.25) is 4.99 Å². The maximum atomic E-state index is 5.46. The molecule has 1 unspecified atom stereocenters. The molecule has 1 saturated heterocycles. The summed E-state index contributed by atoms with van der Waals surface area (Å²) in [6.45, 7) is 7.55. The van der Waals surface area contributed by atoms with Crippen molar-refractivity contribution >= 4 is 35.1 Å². The quantitative estimate of drug-likeness (QED) is 0.796. The standard InChI is InChI=1S/C23H25N6O/c1-17-13-18(2)15-19(14-17)25-23-26-22-16-24-7-10-29(22,27-23)21-5-3-20(4-6-21)28-8-11-30-12-9-28/h3-7,10,13-16H,8-9,11-12H2,1-2H3,(H,25,27)/q+1. The Morgan fingerprint density at radius 1 is 1.00 bits per heavy atom. The van der Waals surface area contributed by atoms with Gasteiger partial charge in [-0.05, 0) is 54.3 Å². The molecule has 0 amide bonds. The number of quaternary nitrogens is 1. The smallest absolute Gasteiger partial charge is 0.287 e. The molecule has 152 valence electrons. The molecule has 0 spiro atoms. The van der Waals surface area contributed by atoms with Gasteiger partial charge in [-0.1, -0.05) is 10.7 Å². The number of amidine groups is 1. The lowest BCUT2D eigenvalue weighted by molar-refractivity contribution is 0.122. The van der Waals surface area contributed by atoms with Crippen molar-refractivity contribution in [3.63, 3.8) is 0 Å². The number of guanidine groups is 1. The van der Waals surface area contributed by atoms with Gasteiger partial charge in [0.15, 0.2) is 11.9 Å². The fraction of sp³-hybridized carbons (Fsp3) is 0.261. The minimum absolute atomic E-state index is 0.181. The summed E-state index contributed by atoms with van der Waals surface area (Å²) in [6.07, 6.45) is 5.51. The summed E-state index contributed by atoms with van der Waals surface area (Å²) in [6, 6.07) is 14.9. The number of fused-ring (bicyclic) bond motifs is 1. The van der Waals surface area contributed by atoms with Crippen LogP contribution in [0.15, 0.2) is 70.0 Å². The van der Waals surface area contributed by atoms with E-state index in [1.165, 1.54) is 16.8 Å². The van der Waals surface area contributed by atoms with Crippen molar-refractivity contribution in [3.8, 4) is 0 Å². The van der Waals surface area contributed by atoms with Gasteiger partial charge in [-0.25, -0.2) is 0 Å². The van der Waals surface area contributed by atoms with Crippen LogP contribution < -0.4 is 14.8 Å². The first-order valence-corrected chi connectivity index (χ1v) is 10.2. The van der Waals surface area contributed by atoms with Gasteiger partial charge in [0, 0.05) is 36.6 Å².